The van der Waals surface area contributed by atoms with Gasteiger partial charge in [0.1, 0.15) is 0 Å². The van der Waals surface area contributed by atoms with E-state index in [0.717, 1.165) is 33.5 Å². The summed E-state index contributed by atoms with van der Waals surface area (Å²) >= 11 is 6.17. The molecule has 0 saturated carbocycles. The molecule has 0 atom stereocenters. The highest BCUT2D eigenvalue weighted by Crippen LogP contribution is 2.35. The van der Waals surface area contributed by atoms with Crippen LogP contribution in [-0.2, 0) is 27.3 Å². The van der Waals surface area contributed by atoms with E-state index in [1.54, 1.807) is 41.3 Å². The fourth-order valence-electron chi connectivity index (χ4n) is 6.05. The lowest BCUT2D eigenvalue weighted by Crippen LogP contribution is -2.23. The van der Waals surface area contributed by atoms with Gasteiger partial charge in [0.2, 0.25) is 17.7 Å². The van der Waals surface area contributed by atoms with Crippen molar-refractivity contribution in [3.05, 3.63) is 143 Å². The van der Waals surface area contributed by atoms with Gasteiger partial charge in [-0.15, -0.1) is 5.10 Å². The van der Waals surface area contributed by atoms with Crippen LogP contribution in [0.3, 0.4) is 0 Å². The molecule has 0 radical (unpaired) electrons. The molecule has 1 N–H and O–H groups in total. The van der Waals surface area contributed by atoms with Crippen LogP contribution >= 0.6 is 11.6 Å². The Labute approximate surface area is 307 Å². The Hall–Kier alpha value is -6.86. The Morgan fingerprint density at radius 2 is 1.72 bits per heavy atom. The second-order valence-electron chi connectivity index (χ2n) is 12.1. The summed E-state index contributed by atoms with van der Waals surface area (Å²) in [5.74, 6) is 2.05. The molecule has 2 aliphatic heterocycles. The lowest BCUT2D eigenvalue weighted by Gasteiger charge is -2.25. The average molecular weight is 724 g/mol. The molecule has 0 bridgehead atoms. The molecule has 0 spiro atoms. The van der Waals surface area contributed by atoms with Gasteiger partial charge in [-0.1, -0.05) is 72.3 Å². The molecule has 0 unspecified atom stereocenters. The van der Waals surface area contributed by atoms with Crippen molar-refractivity contribution in [2.75, 3.05) is 19.5 Å². The summed E-state index contributed by atoms with van der Waals surface area (Å²) in [4.78, 5) is 40.5. The Morgan fingerprint density at radius 1 is 0.925 bits per heavy atom. The molecular formula is C39H30ClN9O4. The number of ether oxygens (including phenoxy) is 1. The minimum atomic E-state index is -0.340. The molecule has 2 aliphatic rings. The van der Waals surface area contributed by atoms with Gasteiger partial charge >= 0.3 is 5.97 Å². The van der Waals surface area contributed by atoms with Gasteiger partial charge in [-0.05, 0) is 42.0 Å². The van der Waals surface area contributed by atoms with E-state index < -0.39 is 0 Å². The minimum absolute atomic E-state index is 0.201. The second-order valence-corrected chi connectivity index (χ2v) is 12.6. The summed E-state index contributed by atoms with van der Waals surface area (Å²) in [5, 5.41) is 13.2. The SMILES string of the molecule is COC(=O)C1=C2C=CN(C)C=C2c2nc(-c3ccccc3)nn2C1.O=C(Cc1ccccc1)Nc1nc2ccc(Cl)cc2c2nc(-c3ccco3)nn12. The van der Waals surface area contributed by atoms with Crippen molar-refractivity contribution in [2.24, 2.45) is 0 Å². The Bertz CT molecular complexity index is 2590. The third-order valence-electron chi connectivity index (χ3n) is 8.54. The number of benzene rings is 3. The van der Waals surface area contributed by atoms with E-state index in [4.69, 9.17) is 25.7 Å². The first-order valence-electron chi connectivity index (χ1n) is 16.5. The largest absolute Gasteiger partial charge is 0.466 e. The zero-order chi connectivity index (χ0) is 36.5. The molecular weight excluding hydrogens is 694 g/mol. The third kappa shape index (κ3) is 6.68. The van der Waals surface area contributed by atoms with Gasteiger partial charge in [0, 0.05) is 46.6 Å². The summed E-state index contributed by atoms with van der Waals surface area (Å²) in [7, 11) is 3.33. The van der Waals surface area contributed by atoms with E-state index in [1.165, 1.54) is 11.6 Å². The summed E-state index contributed by atoms with van der Waals surface area (Å²) in [6, 6.07) is 28.1. The number of rotatable bonds is 6. The van der Waals surface area contributed by atoms with Gasteiger partial charge in [-0.3, -0.25) is 10.1 Å². The molecule has 0 saturated heterocycles. The number of methoxy groups -OCH3 is 1. The first kappa shape index (κ1) is 33.3. The zero-order valence-electron chi connectivity index (χ0n) is 28.5. The maximum absolute atomic E-state index is 12.6. The maximum atomic E-state index is 12.6. The van der Waals surface area contributed by atoms with E-state index in [9.17, 15) is 9.59 Å². The predicted octanol–water partition coefficient (Wildman–Crippen LogP) is 6.60. The van der Waals surface area contributed by atoms with Gasteiger partial charge in [-0.2, -0.15) is 9.61 Å². The lowest BCUT2D eigenvalue weighted by atomic mass is 9.95. The second kappa shape index (κ2) is 14.0. The number of esters is 1. The number of carbonyl (C=O) groups excluding carboxylic acids is 2. The molecule has 6 heterocycles. The van der Waals surface area contributed by atoms with Crippen molar-refractivity contribution in [2.45, 2.75) is 13.0 Å². The molecule has 1 amide bonds. The first-order valence-corrected chi connectivity index (χ1v) is 16.9. The highest BCUT2D eigenvalue weighted by molar-refractivity contribution is 6.31. The van der Waals surface area contributed by atoms with E-state index in [0.29, 0.717) is 45.7 Å². The van der Waals surface area contributed by atoms with E-state index in [2.05, 4.69) is 25.5 Å². The van der Waals surface area contributed by atoms with E-state index >= 15 is 0 Å². The van der Waals surface area contributed by atoms with Crippen molar-refractivity contribution in [3.63, 3.8) is 0 Å². The van der Waals surface area contributed by atoms with Gasteiger partial charge in [0.05, 0.1) is 37.4 Å². The molecule has 13 nitrogen and oxygen atoms in total. The van der Waals surface area contributed by atoms with Gasteiger partial charge in [0.25, 0.3) is 0 Å². The molecule has 3 aromatic carbocycles. The van der Waals surface area contributed by atoms with Gasteiger partial charge < -0.3 is 14.1 Å². The van der Waals surface area contributed by atoms with Crippen molar-refractivity contribution in [1.29, 1.82) is 0 Å². The number of nitrogens with one attached hydrogen (secondary N) is 1. The molecule has 0 aliphatic carbocycles. The van der Waals surface area contributed by atoms with Crippen molar-refractivity contribution < 1.29 is 18.7 Å². The topological polar surface area (TPSA) is 146 Å². The van der Waals surface area contributed by atoms with Crippen molar-refractivity contribution in [3.8, 4) is 23.0 Å². The number of nitrogens with zero attached hydrogens (tertiary/aromatic N) is 8. The van der Waals surface area contributed by atoms with E-state index in [1.807, 2.05) is 91.1 Å². The summed E-state index contributed by atoms with van der Waals surface area (Å²) < 4.78 is 13.6. The molecule has 4 aromatic heterocycles. The molecule has 14 heteroatoms. The number of furan rings is 1. The first-order chi connectivity index (χ1) is 25.8. The number of fused-ring (bicyclic) bond motifs is 6. The van der Waals surface area contributed by atoms with Crippen LogP contribution < -0.4 is 5.32 Å². The fraction of sp³-hybridized carbons (Fsp3) is 0.103. The molecule has 7 aromatic rings. The third-order valence-corrected chi connectivity index (χ3v) is 8.78. The van der Waals surface area contributed by atoms with Crippen LogP contribution in [0.1, 0.15) is 11.4 Å². The molecule has 262 valence electrons. The minimum Gasteiger partial charge on any atom is -0.466 e. The van der Waals surface area contributed by atoms with Crippen LogP contribution in [0.5, 0.6) is 0 Å². The summed E-state index contributed by atoms with van der Waals surface area (Å²) in [6.45, 7) is 0.350. The number of carbonyl (C=O) groups is 2. The zero-order valence-corrected chi connectivity index (χ0v) is 29.2. The number of halogens is 1. The van der Waals surface area contributed by atoms with Crippen LogP contribution in [0.15, 0.2) is 131 Å². The number of hydrogen-bond acceptors (Lipinski definition) is 10. The smallest absolute Gasteiger partial charge is 0.336 e. The van der Waals surface area contributed by atoms with Crippen molar-refractivity contribution >= 4 is 51.5 Å². The monoisotopic (exact) mass is 723 g/mol. The number of hydrogen-bond donors (Lipinski definition) is 1. The molecule has 9 rings (SSSR count). The maximum Gasteiger partial charge on any atom is 0.336 e. The quantitative estimate of drug-likeness (QED) is 0.186. The Kier molecular flexibility index (Phi) is 8.82. The summed E-state index contributed by atoms with van der Waals surface area (Å²) in [5.41, 5.74) is 5.34. The molecule has 0 fully saturated rings. The highest BCUT2D eigenvalue weighted by Gasteiger charge is 2.30. The molecule has 53 heavy (non-hydrogen) atoms. The predicted molar refractivity (Wildman–Crippen MR) is 199 cm³/mol. The number of amides is 1. The highest BCUT2D eigenvalue weighted by atomic mass is 35.5. The van der Waals surface area contributed by atoms with Gasteiger partial charge in [-0.25, -0.2) is 24.4 Å². The van der Waals surface area contributed by atoms with Crippen molar-refractivity contribution in [1.82, 2.24) is 39.2 Å². The lowest BCUT2D eigenvalue weighted by molar-refractivity contribution is -0.136. The van der Waals surface area contributed by atoms with Crippen LogP contribution in [0.2, 0.25) is 5.02 Å². The number of aromatic nitrogens is 7. The fourth-order valence-corrected chi connectivity index (χ4v) is 6.23. The Morgan fingerprint density at radius 3 is 2.47 bits per heavy atom. The standard InChI is InChI=1S/C21H14ClN5O2.C18H16N4O2/c22-14-8-9-16-15(12-14)20-25-19(17-7-4-10-29-17)26-27(20)21(23-16)24-18(28)11-13-5-2-1-3-6-13;1-21-9-8-13-14(10-21)17-19-16(12-6-4-3-5-7-12)20-22(17)11-15(13)18(23)24-2/h1-10,12H,11H2,(H,23,24,28);3-10H,11H2,1-2H3. The average Bonchev–Trinajstić information content (AvgIpc) is 3.96. The van der Waals surface area contributed by atoms with Crippen LogP contribution in [-0.4, -0.2) is 65.3 Å². The Balaban J connectivity index is 0.000000154. The van der Waals surface area contributed by atoms with Crippen LogP contribution in [0.4, 0.5) is 5.95 Å². The number of anilines is 1. The van der Waals surface area contributed by atoms with Crippen LogP contribution in [0.25, 0.3) is 45.1 Å². The summed E-state index contributed by atoms with van der Waals surface area (Å²) in [6.07, 6.45) is 7.56. The van der Waals surface area contributed by atoms with Crippen LogP contribution in [0, 0.1) is 0 Å². The number of allylic oxidation sites excluding steroid dienone is 3. The normalized spacial score (nSPS) is 13.3. The van der Waals surface area contributed by atoms with Gasteiger partial charge in [0.15, 0.2) is 23.1 Å². The van der Waals surface area contributed by atoms with E-state index in [-0.39, 0.29) is 24.2 Å².